The van der Waals surface area contributed by atoms with Gasteiger partial charge in [0, 0.05) is 125 Å². The molecule has 0 heterocycles. The summed E-state index contributed by atoms with van der Waals surface area (Å²) in [6.07, 6.45) is 0. The summed E-state index contributed by atoms with van der Waals surface area (Å²) in [4.78, 5) is 19.6. The van der Waals surface area contributed by atoms with Crippen molar-refractivity contribution in [2.24, 2.45) is 0 Å². The van der Waals surface area contributed by atoms with Gasteiger partial charge >= 0.3 is 21.1 Å². The summed E-state index contributed by atoms with van der Waals surface area (Å²) in [6.45, 7) is 77.6. The maximum Gasteiger partial charge on any atom is 2.00 e. The molecule has 0 unspecified atom stereocenters. The molecule has 0 fully saturated rings. The van der Waals surface area contributed by atoms with E-state index < -0.39 is 0 Å². The fourth-order valence-corrected chi connectivity index (χ4v) is 0. The molecular weight excluding hydrogens is 654 g/mol. The summed E-state index contributed by atoms with van der Waals surface area (Å²) < 4.78 is 0. The van der Waals surface area contributed by atoms with Crippen molar-refractivity contribution in [2.45, 2.75) is 158 Å². The van der Waals surface area contributed by atoms with Crippen LogP contribution in [0.15, 0.2) is 0 Å². The van der Waals surface area contributed by atoms with E-state index in [9.17, 15) is 0 Å². The van der Waals surface area contributed by atoms with Crippen LogP contribution in [-0.4, -0.2) is 33.2 Å². The van der Waals surface area contributed by atoms with Crippen molar-refractivity contribution in [2.75, 3.05) is 0 Å². The normalized spacial score (nSPS) is 9.59. The molecule has 0 aromatic carbocycles. The van der Waals surface area contributed by atoms with Crippen LogP contribution in [0, 0.1) is 51.3 Å². The molecule has 0 atom stereocenters. The zero-order valence-corrected chi connectivity index (χ0v) is 31.0. The van der Waals surface area contributed by atoms with E-state index in [0.29, 0.717) is 0 Å². The first kappa shape index (κ1) is 56.3. The third-order valence-corrected chi connectivity index (χ3v) is 2.01. The second-order valence-corrected chi connectivity index (χ2v) is 13.7. The van der Waals surface area contributed by atoms with Crippen LogP contribution in [0.4, 0.5) is 0 Å². The van der Waals surface area contributed by atoms with Gasteiger partial charge in [-0.2, -0.15) is 0 Å². The predicted molar refractivity (Wildman–Crippen MR) is 163 cm³/mol. The SMILES string of the molecule is [C-]#N.[C-]#[N+]C(C)(C)C.[C-]#[N+]C(C)(C)C.[C-]#[N+]C(C)(C)C.[C-]#[N+]C(C)(C)C.[C-]#[N+]C(C)(C)C.[C-]#[N+]C(C)(C)C.[W+2]. The minimum Gasteiger partial charge on any atom is -0.512 e. The van der Waals surface area contributed by atoms with Gasteiger partial charge in [0.15, 0.2) is 0 Å². The molecule has 0 aliphatic heterocycles. The fourth-order valence-electron chi connectivity index (χ4n) is 0. The first-order valence-corrected chi connectivity index (χ1v) is 11.9. The minimum absolute atomic E-state index is 0. The smallest absolute Gasteiger partial charge is 0.512 e. The molecule has 0 saturated heterocycles. The van der Waals surface area contributed by atoms with Crippen molar-refractivity contribution >= 4 is 0 Å². The molecule has 0 aliphatic carbocycles. The molecule has 7 nitrogen and oxygen atoms in total. The second kappa shape index (κ2) is 26.7. The third kappa shape index (κ3) is 169. The zero-order chi connectivity index (χ0) is 33.2. The van der Waals surface area contributed by atoms with Crippen LogP contribution >= 0.6 is 0 Å². The van der Waals surface area contributed by atoms with Crippen LogP contribution in [0.5, 0.6) is 0 Å². The molecule has 0 aromatic heterocycles. The van der Waals surface area contributed by atoms with Crippen LogP contribution in [0.1, 0.15) is 125 Å². The van der Waals surface area contributed by atoms with Crippen molar-refractivity contribution in [1.82, 2.24) is 0 Å². The number of hydrogen-bond donors (Lipinski definition) is 0. The Bertz CT molecular complexity index is 662. The van der Waals surface area contributed by atoms with Gasteiger partial charge in [-0.1, -0.05) is 0 Å². The molecule has 39 heavy (non-hydrogen) atoms. The molecule has 0 radical (unpaired) electrons. The van der Waals surface area contributed by atoms with Gasteiger partial charge in [-0.25, -0.2) is 39.4 Å². The fraction of sp³-hybridized carbons (Fsp3) is 0.774. The Morgan fingerprint density at radius 1 is 0.282 bits per heavy atom. The van der Waals surface area contributed by atoms with Crippen molar-refractivity contribution in [3.05, 3.63) is 75.1 Å². The Morgan fingerprint density at radius 2 is 0.308 bits per heavy atom. The monoisotopic (exact) mass is 708 g/mol. The largest absolute Gasteiger partial charge is 2.00 e. The van der Waals surface area contributed by atoms with E-state index in [-0.39, 0.29) is 54.3 Å². The maximum atomic E-state index is 6.48. The Balaban J connectivity index is -0.0000000484. The second-order valence-electron chi connectivity index (χ2n) is 13.7. The number of rotatable bonds is 0. The van der Waals surface area contributed by atoms with E-state index >= 15 is 0 Å². The van der Waals surface area contributed by atoms with Crippen molar-refractivity contribution in [3.8, 4) is 0 Å². The van der Waals surface area contributed by atoms with Gasteiger partial charge in [0.05, 0.1) is 0 Å². The van der Waals surface area contributed by atoms with E-state index in [4.69, 9.17) is 51.3 Å². The molecule has 0 amide bonds. The van der Waals surface area contributed by atoms with E-state index in [0.717, 1.165) is 0 Å². The van der Waals surface area contributed by atoms with E-state index in [1.54, 1.807) is 0 Å². The molecule has 0 aromatic rings. The minimum atomic E-state index is -0.167. The molecule has 0 bridgehead atoms. The van der Waals surface area contributed by atoms with Gasteiger partial charge in [0.25, 0.3) is 0 Å². The molecular formula is C31H54N7W+. The molecule has 0 spiro atoms. The first-order valence-electron chi connectivity index (χ1n) is 11.9. The summed E-state index contributed by atoms with van der Waals surface area (Å²) in [7, 11) is 0. The molecule has 218 valence electrons. The average molecular weight is 709 g/mol. The summed E-state index contributed by atoms with van der Waals surface area (Å²) in [5.74, 6) is 0. The Morgan fingerprint density at radius 3 is 0.308 bits per heavy atom. The van der Waals surface area contributed by atoms with Crippen molar-refractivity contribution < 1.29 is 21.1 Å². The van der Waals surface area contributed by atoms with Gasteiger partial charge < -0.3 is 40.9 Å². The van der Waals surface area contributed by atoms with Gasteiger partial charge in [0.2, 0.25) is 33.2 Å². The van der Waals surface area contributed by atoms with Crippen LogP contribution in [-0.2, 0) is 21.1 Å². The molecule has 0 saturated carbocycles. The van der Waals surface area contributed by atoms with Crippen molar-refractivity contribution in [1.29, 1.82) is 5.26 Å². The first-order chi connectivity index (χ1) is 16.4. The quantitative estimate of drug-likeness (QED) is 0.231. The van der Waals surface area contributed by atoms with Gasteiger partial charge in [-0.05, 0) is 0 Å². The van der Waals surface area contributed by atoms with Crippen LogP contribution in [0.25, 0.3) is 29.1 Å². The zero-order valence-electron chi connectivity index (χ0n) is 28.0. The molecule has 0 rings (SSSR count). The van der Waals surface area contributed by atoms with Gasteiger partial charge in [-0.15, -0.1) is 0 Å². The topological polar surface area (TPSA) is 49.9 Å². The van der Waals surface area contributed by atoms with E-state index in [1.807, 2.05) is 125 Å². The molecule has 0 N–H and O–H groups in total. The van der Waals surface area contributed by atoms with E-state index in [1.165, 1.54) is 0 Å². The van der Waals surface area contributed by atoms with Gasteiger partial charge in [-0.3, -0.25) is 0 Å². The maximum absolute atomic E-state index is 6.48. The predicted octanol–water partition coefficient (Wildman–Crippen LogP) is 10.3. The average Bonchev–Trinajstić information content (AvgIpc) is 2.74. The Labute approximate surface area is 258 Å². The third-order valence-electron chi connectivity index (χ3n) is 2.01. The number of nitrogens with zero attached hydrogens (tertiary/aromatic N) is 7. The molecule has 8 heteroatoms. The van der Waals surface area contributed by atoms with Crippen molar-refractivity contribution in [3.63, 3.8) is 0 Å². The number of hydrogen-bond acceptors (Lipinski definition) is 1. The van der Waals surface area contributed by atoms with Gasteiger partial charge in [0.1, 0.15) is 0 Å². The van der Waals surface area contributed by atoms with Crippen LogP contribution in [0.3, 0.4) is 0 Å². The van der Waals surface area contributed by atoms with E-state index in [2.05, 4.69) is 29.1 Å². The standard InChI is InChI=1S/6C5H9N.CN.W/c6*1-5(2,3)6-4;1-2;/h6*1-3H3;;/q;;;;;;-1;+2. The Kier molecular flexibility index (Phi) is 38.6. The Hall–Kier alpha value is -2.88. The summed E-state index contributed by atoms with van der Waals surface area (Å²) in [5.41, 5.74) is -1.00. The summed E-state index contributed by atoms with van der Waals surface area (Å²) in [5, 5.41) is 6.25. The summed E-state index contributed by atoms with van der Waals surface area (Å²) >= 11 is 0. The molecule has 0 aliphatic rings. The summed E-state index contributed by atoms with van der Waals surface area (Å²) in [6, 6.07) is 0. The van der Waals surface area contributed by atoms with Crippen LogP contribution in [0.2, 0.25) is 0 Å². The van der Waals surface area contributed by atoms with Crippen LogP contribution < -0.4 is 0 Å².